The molecule has 5 unspecified atom stereocenters. The minimum absolute atomic E-state index is 1.00. The Morgan fingerprint density at radius 1 is 0.833 bits per heavy atom. The third-order valence-corrected chi connectivity index (χ3v) is 10.1. The average molecular weight is 303 g/mol. The molecule has 0 bridgehead atoms. The van der Waals surface area contributed by atoms with Gasteiger partial charge in [0.15, 0.2) is 0 Å². The van der Waals surface area contributed by atoms with Gasteiger partial charge in [-0.25, -0.2) is 0 Å². The zero-order valence-corrected chi connectivity index (χ0v) is 13.9. The smallest absolute Gasteiger partial charge is 0.0170 e. The lowest BCUT2D eigenvalue weighted by atomic mass is 10.0. The van der Waals surface area contributed by atoms with Gasteiger partial charge in [0, 0.05) is 26.2 Å². The molecule has 0 spiro atoms. The van der Waals surface area contributed by atoms with Crippen molar-refractivity contribution in [3.63, 3.8) is 0 Å². The van der Waals surface area contributed by atoms with Crippen molar-refractivity contribution in [2.24, 2.45) is 0 Å². The minimum Gasteiger partial charge on any atom is -0.157 e. The maximum atomic E-state index is 2.38. The third kappa shape index (κ3) is 3.20. The van der Waals surface area contributed by atoms with E-state index in [-0.39, 0.29) is 0 Å². The summed E-state index contributed by atoms with van der Waals surface area (Å²) in [5.74, 6) is 1.43. The summed E-state index contributed by atoms with van der Waals surface area (Å²) in [6.07, 6.45) is 11.9. The van der Waals surface area contributed by atoms with E-state index in [0.717, 1.165) is 26.2 Å². The van der Waals surface area contributed by atoms with Crippen molar-refractivity contribution in [2.45, 2.75) is 84.5 Å². The van der Waals surface area contributed by atoms with E-state index < -0.39 is 0 Å². The van der Waals surface area contributed by atoms with Gasteiger partial charge in [0.2, 0.25) is 0 Å². The Morgan fingerprint density at radius 2 is 1.56 bits per heavy atom. The average Bonchev–Trinajstić information content (AvgIpc) is 3.10. The second kappa shape index (κ2) is 6.67. The first-order chi connectivity index (χ1) is 8.86. The van der Waals surface area contributed by atoms with Gasteiger partial charge in [0.05, 0.1) is 0 Å². The lowest BCUT2D eigenvalue weighted by Gasteiger charge is -2.20. The van der Waals surface area contributed by atoms with Crippen LogP contribution in [0.4, 0.5) is 0 Å². The van der Waals surface area contributed by atoms with Gasteiger partial charge in [0.25, 0.3) is 0 Å². The second-order valence-electron chi connectivity index (χ2n) is 6.00. The van der Waals surface area contributed by atoms with E-state index in [9.17, 15) is 0 Å². The van der Waals surface area contributed by atoms with Gasteiger partial charge in [-0.15, -0.1) is 0 Å². The standard InChI is InChI=1S/C15H26S3/c1-2-4-11-6-7-14(17-11)15-9-8-13(18-15)12-5-3-10-16-12/h11-15H,2-10H2,1H3. The predicted octanol–water partition coefficient (Wildman–Crippen LogP) is 5.21. The van der Waals surface area contributed by atoms with Crippen LogP contribution in [-0.4, -0.2) is 32.0 Å². The Bertz CT molecular complexity index is 262. The van der Waals surface area contributed by atoms with E-state index in [1.807, 2.05) is 0 Å². The van der Waals surface area contributed by atoms with Crippen molar-refractivity contribution in [3.05, 3.63) is 0 Å². The van der Waals surface area contributed by atoms with Crippen molar-refractivity contribution in [1.82, 2.24) is 0 Å². The van der Waals surface area contributed by atoms with Crippen LogP contribution in [0.2, 0.25) is 0 Å². The van der Waals surface area contributed by atoms with Gasteiger partial charge in [-0.3, -0.25) is 0 Å². The first-order valence-corrected chi connectivity index (χ1v) is 10.7. The minimum atomic E-state index is 1.00. The van der Waals surface area contributed by atoms with E-state index in [0.29, 0.717) is 0 Å². The normalized spacial score (nSPS) is 44.8. The third-order valence-electron chi connectivity index (χ3n) is 4.63. The van der Waals surface area contributed by atoms with Gasteiger partial charge in [-0.1, -0.05) is 13.3 Å². The topological polar surface area (TPSA) is 0 Å². The Morgan fingerprint density at radius 3 is 2.28 bits per heavy atom. The number of hydrogen-bond acceptors (Lipinski definition) is 3. The Balaban J connectivity index is 1.47. The van der Waals surface area contributed by atoms with Crippen LogP contribution in [0.5, 0.6) is 0 Å². The van der Waals surface area contributed by atoms with Crippen molar-refractivity contribution < 1.29 is 0 Å². The van der Waals surface area contributed by atoms with Gasteiger partial charge in [-0.05, 0) is 50.7 Å². The zero-order chi connectivity index (χ0) is 12.4. The van der Waals surface area contributed by atoms with Crippen molar-refractivity contribution in [2.75, 3.05) is 5.75 Å². The summed E-state index contributed by atoms with van der Waals surface area (Å²) in [5.41, 5.74) is 0. The predicted molar refractivity (Wildman–Crippen MR) is 89.2 cm³/mol. The molecule has 0 saturated carbocycles. The summed E-state index contributed by atoms with van der Waals surface area (Å²) in [5, 5.41) is 5.03. The van der Waals surface area contributed by atoms with Crippen LogP contribution >= 0.6 is 35.3 Å². The summed E-state index contributed by atoms with van der Waals surface area (Å²) < 4.78 is 0. The molecule has 0 nitrogen and oxygen atoms in total. The molecule has 3 aliphatic rings. The Hall–Kier alpha value is 1.05. The molecule has 0 aliphatic carbocycles. The molecule has 3 heteroatoms. The SMILES string of the molecule is CCCC1CCC(C2CCC(C3CCCS3)S2)S1. The molecule has 3 rings (SSSR count). The highest BCUT2D eigenvalue weighted by atomic mass is 32.2. The largest absolute Gasteiger partial charge is 0.157 e. The first-order valence-electron chi connectivity index (χ1n) is 7.79. The summed E-state index contributed by atoms with van der Waals surface area (Å²) in [6, 6.07) is 0. The fourth-order valence-corrected chi connectivity index (χ4v) is 9.14. The molecule has 3 fully saturated rings. The van der Waals surface area contributed by atoms with E-state index >= 15 is 0 Å². The summed E-state index contributed by atoms with van der Waals surface area (Å²) in [6.45, 7) is 2.34. The molecule has 0 N–H and O–H groups in total. The number of hydrogen-bond donors (Lipinski definition) is 0. The lowest BCUT2D eigenvalue weighted by molar-refractivity contribution is 0.634. The maximum absolute atomic E-state index is 2.38. The van der Waals surface area contributed by atoms with Crippen LogP contribution < -0.4 is 0 Å². The van der Waals surface area contributed by atoms with Gasteiger partial charge in [-0.2, -0.15) is 35.3 Å². The Labute approximate surface area is 125 Å². The molecular weight excluding hydrogens is 276 g/mol. The van der Waals surface area contributed by atoms with Crippen LogP contribution in [0.15, 0.2) is 0 Å². The van der Waals surface area contributed by atoms with Crippen LogP contribution in [0.3, 0.4) is 0 Å². The van der Waals surface area contributed by atoms with E-state index in [4.69, 9.17) is 0 Å². The van der Waals surface area contributed by atoms with Crippen molar-refractivity contribution >= 4 is 35.3 Å². The summed E-state index contributed by atoms with van der Waals surface area (Å²) >= 11 is 7.00. The van der Waals surface area contributed by atoms with E-state index in [1.165, 1.54) is 57.1 Å². The Kier molecular flexibility index (Phi) is 5.19. The van der Waals surface area contributed by atoms with Crippen molar-refractivity contribution in [1.29, 1.82) is 0 Å². The van der Waals surface area contributed by atoms with Crippen LogP contribution in [0, 0.1) is 0 Å². The summed E-state index contributed by atoms with van der Waals surface area (Å²) in [4.78, 5) is 0. The molecule has 3 saturated heterocycles. The van der Waals surface area contributed by atoms with Crippen LogP contribution in [0.1, 0.15) is 58.3 Å². The quantitative estimate of drug-likeness (QED) is 0.699. The molecule has 3 heterocycles. The molecule has 18 heavy (non-hydrogen) atoms. The fraction of sp³-hybridized carbons (Fsp3) is 1.00. The van der Waals surface area contributed by atoms with Gasteiger partial charge >= 0.3 is 0 Å². The van der Waals surface area contributed by atoms with Crippen LogP contribution in [0.25, 0.3) is 0 Å². The second-order valence-corrected chi connectivity index (χ2v) is 10.4. The number of rotatable bonds is 4. The summed E-state index contributed by atoms with van der Waals surface area (Å²) in [7, 11) is 0. The molecule has 0 radical (unpaired) electrons. The van der Waals surface area contributed by atoms with E-state index in [1.54, 1.807) is 0 Å². The van der Waals surface area contributed by atoms with Gasteiger partial charge < -0.3 is 0 Å². The molecular formula is C15H26S3. The highest BCUT2D eigenvalue weighted by Gasteiger charge is 2.39. The molecule has 0 aromatic carbocycles. The highest BCUT2D eigenvalue weighted by molar-refractivity contribution is 8.06. The zero-order valence-electron chi connectivity index (χ0n) is 11.5. The molecule has 0 aromatic heterocycles. The van der Waals surface area contributed by atoms with Crippen LogP contribution in [-0.2, 0) is 0 Å². The molecule has 5 atom stereocenters. The molecule has 0 aromatic rings. The molecule has 3 aliphatic heterocycles. The lowest BCUT2D eigenvalue weighted by Crippen LogP contribution is -2.17. The highest BCUT2D eigenvalue weighted by Crippen LogP contribution is 2.50. The molecule has 0 amide bonds. The van der Waals surface area contributed by atoms with E-state index in [2.05, 4.69) is 42.2 Å². The van der Waals surface area contributed by atoms with Crippen molar-refractivity contribution in [3.8, 4) is 0 Å². The monoisotopic (exact) mass is 302 g/mol. The maximum Gasteiger partial charge on any atom is 0.0170 e. The number of thioether (sulfide) groups is 3. The fourth-order valence-electron chi connectivity index (χ4n) is 3.67. The first kappa shape index (κ1) is 14.0. The molecule has 104 valence electrons. The van der Waals surface area contributed by atoms with Gasteiger partial charge in [0.1, 0.15) is 0 Å².